The molecule has 5 nitrogen and oxygen atoms in total. The summed E-state index contributed by atoms with van der Waals surface area (Å²) in [4.78, 5) is 0.260. The normalized spacial score (nSPS) is 11.6. The molecule has 0 amide bonds. The SMILES string of the molecule is Cc1cc(Br)ccc1S(=O)(=O)Nc1c(C)n[nH]c1C. The average Bonchev–Trinajstić information content (AvgIpc) is 2.60. The van der Waals surface area contributed by atoms with E-state index in [9.17, 15) is 8.42 Å². The molecule has 1 heterocycles. The van der Waals surface area contributed by atoms with E-state index in [0.29, 0.717) is 22.6 Å². The fourth-order valence-electron chi connectivity index (χ4n) is 1.80. The van der Waals surface area contributed by atoms with E-state index < -0.39 is 10.0 Å². The first kappa shape index (κ1) is 14.1. The van der Waals surface area contributed by atoms with Crippen LogP contribution < -0.4 is 4.72 Å². The van der Waals surface area contributed by atoms with Gasteiger partial charge in [0.15, 0.2) is 0 Å². The summed E-state index contributed by atoms with van der Waals surface area (Å²) in [5.74, 6) is 0. The number of halogens is 1. The average molecular weight is 344 g/mol. The first-order chi connectivity index (χ1) is 8.81. The topological polar surface area (TPSA) is 74.8 Å². The maximum absolute atomic E-state index is 12.4. The number of H-pyrrole nitrogens is 1. The van der Waals surface area contributed by atoms with Gasteiger partial charge in [0.1, 0.15) is 0 Å². The Hall–Kier alpha value is -1.34. The lowest BCUT2D eigenvalue weighted by molar-refractivity contribution is 0.600. The zero-order valence-corrected chi connectivity index (χ0v) is 13.2. The summed E-state index contributed by atoms with van der Waals surface area (Å²) in [5, 5.41) is 6.72. The highest BCUT2D eigenvalue weighted by Gasteiger charge is 2.20. The summed E-state index contributed by atoms with van der Waals surface area (Å²) in [5.41, 5.74) is 2.50. The zero-order chi connectivity index (χ0) is 14.2. The van der Waals surface area contributed by atoms with Crippen molar-refractivity contribution in [3.05, 3.63) is 39.6 Å². The first-order valence-corrected chi connectivity index (χ1v) is 7.89. The van der Waals surface area contributed by atoms with Crippen molar-refractivity contribution in [2.45, 2.75) is 25.7 Å². The van der Waals surface area contributed by atoms with E-state index in [1.54, 1.807) is 39.0 Å². The molecule has 1 aromatic heterocycles. The summed E-state index contributed by atoms with van der Waals surface area (Å²) < 4.78 is 28.2. The third kappa shape index (κ3) is 2.82. The standard InChI is InChI=1S/C12H14BrN3O2S/c1-7-6-10(13)4-5-11(7)19(17,18)16-12-8(2)14-15-9(12)3/h4-6,16H,1-3H3,(H,14,15). The minimum Gasteiger partial charge on any atom is -0.280 e. The number of hydrogen-bond acceptors (Lipinski definition) is 3. The highest BCUT2D eigenvalue weighted by atomic mass is 79.9. The quantitative estimate of drug-likeness (QED) is 0.899. The zero-order valence-electron chi connectivity index (χ0n) is 10.8. The van der Waals surface area contributed by atoms with Gasteiger partial charge in [0.05, 0.1) is 22.0 Å². The van der Waals surface area contributed by atoms with Crippen molar-refractivity contribution in [1.82, 2.24) is 10.2 Å². The van der Waals surface area contributed by atoms with Crippen molar-refractivity contribution in [2.24, 2.45) is 0 Å². The molecule has 0 aliphatic heterocycles. The van der Waals surface area contributed by atoms with E-state index in [1.165, 1.54) is 0 Å². The Labute approximate surface area is 120 Å². The van der Waals surface area contributed by atoms with Crippen molar-refractivity contribution >= 4 is 31.6 Å². The van der Waals surface area contributed by atoms with Crippen LogP contribution in [0.3, 0.4) is 0 Å². The van der Waals surface area contributed by atoms with Crippen molar-refractivity contribution in [3.63, 3.8) is 0 Å². The van der Waals surface area contributed by atoms with Gasteiger partial charge >= 0.3 is 0 Å². The Morgan fingerprint density at radius 2 is 1.95 bits per heavy atom. The summed E-state index contributed by atoms with van der Waals surface area (Å²) >= 11 is 3.32. The summed E-state index contributed by atoms with van der Waals surface area (Å²) in [6.07, 6.45) is 0. The lowest BCUT2D eigenvalue weighted by atomic mass is 10.2. The van der Waals surface area contributed by atoms with Gasteiger partial charge in [0, 0.05) is 4.47 Å². The van der Waals surface area contributed by atoms with Gasteiger partial charge in [-0.3, -0.25) is 9.82 Å². The van der Waals surface area contributed by atoms with Gasteiger partial charge in [-0.15, -0.1) is 0 Å². The van der Waals surface area contributed by atoms with Crippen LogP contribution >= 0.6 is 15.9 Å². The Morgan fingerprint density at radius 3 is 2.47 bits per heavy atom. The van der Waals surface area contributed by atoms with Crippen LogP contribution in [0.2, 0.25) is 0 Å². The predicted molar refractivity (Wildman–Crippen MR) is 77.7 cm³/mol. The van der Waals surface area contributed by atoms with Crippen molar-refractivity contribution in [2.75, 3.05) is 4.72 Å². The van der Waals surface area contributed by atoms with E-state index in [4.69, 9.17) is 0 Å². The molecule has 0 spiro atoms. The molecule has 0 aliphatic rings. The summed E-state index contributed by atoms with van der Waals surface area (Å²) in [7, 11) is -3.61. The smallest absolute Gasteiger partial charge is 0.262 e. The number of aromatic nitrogens is 2. The van der Waals surface area contributed by atoms with E-state index in [2.05, 4.69) is 30.8 Å². The van der Waals surface area contributed by atoms with Crippen molar-refractivity contribution < 1.29 is 8.42 Å². The van der Waals surface area contributed by atoms with Crippen LogP contribution in [0.1, 0.15) is 17.0 Å². The number of hydrogen-bond donors (Lipinski definition) is 2. The van der Waals surface area contributed by atoms with Crippen molar-refractivity contribution in [1.29, 1.82) is 0 Å². The number of anilines is 1. The molecule has 2 aromatic rings. The lowest BCUT2D eigenvalue weighted by Gasteiger charge is -2.10. The van der Waals surface area contributed by atoms with Gasteiger partial charge in [0.25, 0.3) is 10.0 Å². The maximum atomic E-state index is 12.4. The molecule has 0 saturated heterocycles. The largest absolute Gasteiger partial charge is 0.280 e. The second kappa shape index (κ2) is 4.97. The van der Waals surface area contributed by atoms with Crippen LogP contribution in [-0.4, -0.2) is 18.6 Å². The molecular formula is C12H14BrN3O2S. The summed E-state index contributed by atoms with van der Waals surface area (Å²) in [6.45, 7) is 5.27. The maximum Gasteiger partial charge on any atom is 0.262 e. The van der Waals surface area contributed by atoms with Crippen LogP contribution in [0.15, 0.2) is 27.6 Å². The lowest BCUT2D eigenvalue weighted by Crippen LogP contribution is -2.15. The number of aromatic amines is 1. The minimum absolute atomic E-state index is 0.260. The van der Waals surface area contributed by atoms with Crippen LogP contribution in [0.5, 0.6) is 0 Å². The Balaban J connectivity index is 2.44. The highest BCUT2D eigenvalue weighted by Crippen LogP contribution is 2.24. The van der Waals surface area contributed by atoms with Gasteiger partial charge < -0.3 is 0 Å². The monoisotopic (exact) mass is 343 g/mol. The molecule has 2 N–H and O–H groups in total. The van der Waals surface area contributed by atoms with E-state index >= 15 is 0 Å². The van der Waals surface area contributed by atoms with Crippen LogP contribution in [0.4, 0.5) is 5.69 Å². The van der Waals surface area contributed by atoms with Gasteiger partial charge in [-0.25, -0.2) is 8.42 Å². The van der Waals surface area contributed by atoms with Gasteiger partial charge in [0.2, 0.25) is 0 Å². The molecule has 1 aromatic carbocycles. The highest BCUT2D eigenvalue weighted by molar-refractivity contribution is 9.10. The van der Waals surface area contributed by atoms with E-state index in [1.807, 2.05) is 0 Å². The van der Waals surface area contributed by atoms with Crippen LogP contribution in [0.25, 0.3) is 0 Å². The number of aryl methyl sites for hydroxylation is 3. The fourth-order valence-corrected chi connectivity index (χ4v) is 3.69. The Bertz CT molecular complexity index is 703. The number of rotatable bonds is 3. The summed E-state index contributed by atoms with van der Waals surface area (Å²) in [6, 6.07) is 5.05. The molecule has 19 heavy (non-hydrogen) atoms. The van der Waals surface area contributed by atoms with Gasteiger partial charge in [-0.2, -0.15) is 5.10 Å². The molecule has 102 valence electrons. The number of sulfonamides is 1. The molecule has 0 radical (unpaired) electrons. The van der Waals surface area contributed by atoms with Gasteiger partial charge in [-0.1, -0.05) is 15.9 Å². The molecule has 0 fully saturated rings. The second-order valence-electron chi connectivity index (χ2n) is 4.32. The molecule has 7 heteroatoms. The number of nitrogens with zero attached hydrogens (tertiary/aromatic N) is 1. The second-order valence-corrected chi connectivity index (χ2v) is 6.89. The molecule has 0 bridgehead atoms. The molecule has 2 rings (SSSR count). The molecular weight excluding hydrogens is 330 g/mol. The number of benzene rings is 1. The minimum atomic E-state index is -3.61. The van der Waals surface area contributed by atoms with Crippen molar-refractivity contribution in [3.8, 4) is 0 Å². The predicted octanol–water partition coefficient (Wildman–Crippen LogP) is 2.90. The third-order valence-corrected chi connectivity index (χ3v) is 4.79. The Kier molecular flexibility index (Phi) is 3.69. The molecule has 0 saturated carbocycles. The molecule has 0 unspecified atom stereocenters. The van der Waals surface area contributed by atoms with E-state index in [0.717, 1.165) is 4.47 Å². The first-order valence-electron chi connectivity index (χ1n) is 5.62. The Morgan fingerprint density at radius 1 is 1.26 bits per heavy atom. The van der Waals surface area contributed by atoms with E-state index in [-0.39, 0.29) is 4.90 Å². The van der Waals surface area contributed by atoms with Crippen LogP contribution in [-0.2, 0) is 10.0 Å². The fraction of sp³-hybridized carbons (Fsp3) is 0.250. The molecule has 0 atom stereocenters. The third-order valence-electron chi connectivity index (χ3n) is 2.79. The molecule has 0 aliphatic carbocycles. The van der Waals surface area contributed by atoms with Gasteiger partial charge in [-0.05, 0) is 44.5 Å². The van der Waals surface area contributed by atoms with Crippen LogP contribution in [0, 0.1) is 20.8 Å². The number of nitrogens with one attached hydrogen (secondary N) is 2.